The maximum atomic E-state index is 14.1. The van der Waals surface area contributed by atoms with Gasteiger partial charge in [-0.3, -0.25) is 19.8 Å². The first-order chi connectivity index (χ1) is 16.5. The fraction of sp³-hybridized carbons (Fsp3) is 0.346. The van der Waals surface area contributed by atoms with Gasteiger partial charge in [-0.25, -0.2) is 9.59 Å². The molecule has 0 saturated carbocycles. The number of ether oxygens (including phenoxy) is 2. The number of hydrogen-bond acceptors (Lipinski definition) is 7. The second-order valence-electron chi connectivity index (χ2n) is 9.28. The SMILES string of the molecule is COC(=O)C1=CN(C(=O)OC(C)(C)C)[C@@](Cc2ccccc2)([C@H](C[N+](=O)[O-])c2ccccc2)C1=O. The number of amides is 1. The Balaban J connectivity index is 2.31. The molecule has 9 nitrogen and oxygen atoms in total. The van der Waals surface area contributed by atoms with Crippen LogP contribution in [0.3, 0.4) is 0 Å². The summed E-state index contributed by atoms with van der Waals surface area (Å²) in [4.78, 5) is 52.5. The van der Waals surface area contributed by atoms with Crippen molar-refractivity contribution in [2.75, 3.05) is 13.7 Å². The van der Waals surface area contributed by atoms with E-state index in [1.165, 1.54) is 0 Å². The van der Waals surface area contributed by atoms with Crippen molar-refractivity contribution in [3.63, 3.8) is 0 Å². The molecule has 2 aromatic carbocycles. The van der Waals surface area contributed by atoms with Crippen LogP contribution in [-0.2, 0) is 25.5 Å². The summed E-state index contributed by atoms with van der Waals surface area (Å²) in [6.45, 7) is 4.33. The van der Waals surface area contributed by atoms with E-state index in [-0.39, 0.29) is 12.0 Å². The van der Waals surface area contributed by atoms with Gasteiger partial charge in [0, 0.05) is 17.5 Å². The van der Waals surface area contributed by atoms with Crippen molar-refractivity contribution in [1.29, 1.82) is 0 Å². The molecule has 1 aliphatic rings. The predicted molar refractivity (Wildman–Crippen MR) is 127 cm³/mol. The Kier molecular flexibility index (Phi) is 7.38. The summed E-state index contributed by atoms with van der Waals surface area (Å²) in [6.07, 6.45) is 0.113. The summed E-state index contributed by atoms with van der Waals surface area (Å²) < 4.78 is 10.4. The monoisotopic (exact) mass is 480 g/mol. The van der Waals surface area contributed by atoms with Crippen LogP contribution in [0.25, 0.3) is 0 Å². The molecule has 0 spiro atoms. The van der Waals surface area contributed by atoms with Crippen LogP contribution >= 0.6 is 0 Å². The molecule has 0 radical (unpaired) electrons. The van der Waals surface area contributed by atoms with E-state index in [1.54, 1.807) is 81.4 Å². The number of nitro groups is 1. The second kappa shape index (κ2) is 10.1. The molecule has 1 aliphatic heterocycles. The molecule has 0 bridgehead atoms. The number of hydrogen-bond donors (Lipinski definition) is 0. The van der Waals surface area contributed by atoms with Crippen molar-refractivity contribution in [3.8, 4) is 0 Å². The third-order valence-electron chi connectivity index (χ3n) is 5.75. The Morgan fingerprint density at radius 3 is 2.14 bits per heavy atom. The fourth-order valence-corrected chi connectivity index (χ4v) is 4.32. The Bertz CT molecular complexity index is 1140. The third kappa shape index (κ3) is 5.40. The Hall–Kier alpha value is -4.01. The molecule has 0 saturated heterocycles. The van der Waals surface area contributed by atoms with Crippen LogP contribution in [0.4, 0.5) is 4.79 Å². The maximum absolute atomic E-state index is 14.1. The zero-order valence-electron chi connectivity index (χ0n) is 20.1. The van der Waals surface area contributed by atoms with Gasteiger partial charge in [0.25, 0.3) is 0 Å². The van der Waals surface area contributed by atoms with Crippen molar-refractivity contribution in [2.45, 2.75) is 44.2 Å². The lowest BCUT2D eigenvalue weighted by molar-refractivity contribution is -0.485. The number of rotatable bonds is 7. The molecule has 0 N–H and O–H groups in total. The molecule has 0 unspecified atom stereocenters. The lowest BCUT2D eigenvalue weighted by Crippen LogP contribution is -2.59. The number of nitrogens with zero attached hydrogens (tertiary/aromatic N) is 2. The van der Waals surface area contributed by atoms with E-state index < -0.39 is 46.4 Å². The van der Waals surface area contributed by atoms with Crippen LogP contribution in [-0.4, -0.2) is 52.5 Å². The molecule has 0 aromatic heterocycles. The number of Topliss-reactive ketones (excluding diaryl/α,β-unsaturated/α-hetero) is 1. The average Bonchev–Trinajstić information content (AvgIpc) is 3.10. The zero-order chi connectivity index (χ0) is 25.8. The molecule has 3 rings (SSSR count). The first kappa shape index (κ1) is 25.6. The van der Waals surface area contributed by atoms with Gasteiger partial charge in [0.1, 0.15) is 16.7 Å². The van der Waals surface area contributed by atoms with Crippen molar-refractivity contribution >= 4 is 17.8 Å². The molecule has 0 fully saturated rings. The van der Waals surface area contributed by atoms with Crippen LogP contribution in [0.15, 0.2) is 72.4 Å². The molecule has 184 valence electrons. The van der Waals surface area contributed by atoms with E-state index in [0.717, 1.165) is 18.2 Å². The third-order valence-corrected chi connectivity index (χ3v) is 5.75. The summed E-state index contributed by atoms with van der Waals surface area (Å²) in [6, 6.07) is 17.3. The normalized spacial score (nSPS) is 18.6. The van der Waals surface area contributed by atoms with Crippen LogP contribution in [0.5, 0.6) is 0 Å². The van der Waals surface area contributed by atoms with Crippen LogP contribution in [0.1, 0.15) is 37.8 Å². The highest BCUT2D eigenvalue weighted by molar-refractivity contribution is 6.24. The Labute approximate surface area is 203 Å². The number of esters is 1. The summed E-state index contributed by atoms with van der Waals surface area (Å²) in [5, 5.41) is 11.9. The van der Waals surface area contributed by atoms with Gasteiger partial charge in [-0.2, -0.15) is 0 Å². The first-order valence-electron chi connectivity index (χ1n) is 11.1. The second-order valence-corrected chi connectivity index (χ2v) is 9.28. The number of carbonyl (C=O) groups is 3. The van der Waals surface area contributed by atoms with E-state index in [1.807, 2.05) is 0 Å². The van der Waals surface area contributed by atoms with Crippen LogP contribution in [0, 0.1) is 10.1 Å². The fourth-order valence-electron chi connectivity index (χ4n) is 4.32. The molecule has 9 heteroatoms. The van der Waals surface area contributed by atoms with Crippen LogP contribution in [0.2, 0.25) is 0 Å². The van der Waals surface area contributed by atoms with Crippen molar-refractivity contribution < 1.29 is 28.8 Å². The smallest absolute Gasteiger partial charge is 0.415 e. The topological polar surface area (TPSA) is 116 Å². The maximum Gasteiger partial charge on any atom is 0.415 e. The highest BCUT2D eigenvalue weighted by Gasteiger charge is 2.60. The van der Waals surface area contributed by atoms with E-state index in [0.29, 0.717) is 11.1 Å². The van der Waals surface area contributed by atoms with Crippen molar-refractivity contribution in [3.05, 3.63) is 93.7 Å². The van der Waals surface area contributed by atoms with Crippen molar-refractivity contribution in [1.82, 2.24) is 4.90 Å². The van der Waals surface area contributed by atoms with Gasteiger partial charge in [0.2, 0.25) is 6.54 Å². The summed E-state index contributed by atoms with van der Waals surface area (Å²) in [5.74, 6) is -2.78. The Morgan fingerprint density at radius 1 is 1.06 bits per heavy atom. The van der Waals surface area contributed by atoms with Gasteiger partial charge in [0.15, 0.2) is 5.78 Å². The molecule has 2 aromatic rings. The molecule has 1 heterocycles. The van der Waals surface area contributed by atoms with Crippen LogP contribution < -0.4 is 0 Å². The molecule has 2 atom stereocenters. The molecule has 35 heavy (non-hydrogen) atoms. The van der Waals surface area contributed by atoms with Gasteiger partial charge in [0.05, 0.1) is 13.0 Å². The number of methoxy groups -OCH3 is 1. The Morgan fingerprint density at radius 2 is 1.63 bits per heavy atom. The number of benzene rings is 2. The summed E-state index contributed by atoms with van der Waals surface area (Å²) in [7, 11) is 1.12. The highest BCUT2D eigenvalue weighted by atomic mass is 16.6. The van der Waals surface area contributed by atoms with Gasteiger partial charge in [-0.15, -0.1) is 0 Å². The summed E-state index contributed by atoms with van der Waals surface area (Å²) >= 11 is 0. The minimum Gasteiger partial charge on any atom is -0.465 e. The van der Waals surface area contributed by atoms with Gasteiger partial charge >= 0.3 is 12.1 Å². The standard InChI is InChI=1S/C26H28N2O7/c1-25(2,3)35-24(31)27-16-20(23(30)34-4)22(29)26(27,15-18-11-7-5-8-12-18)21(17-28(32)33)19-13-9-6-10-14-19/h5-14,16,21H,15,17H2,1-4H3/t21-,26+/m1/s1. The first-order valence-corrected chi connectivity index (χ1v) is 11.1. The van der Waals surface area contributed by atoms with E-state index in [4.69, 9.17) is 9.47 Å². The highest BCUT2D eigenvalue weighted by Crippen LogP contribution is 2.44. The minimum atomic E-state index is -1.85. The number of carbonyl (C=O) groups excluding carboxylic acids is 3. The summed E-state index contributed by atoms with van der Waals surface area (Å²) in [5.41, 5.74) is -2.02. The zero-order valence-corrected chi connectivity index (χ0v) is 20.1. The molecular weight excluding hydrogens is 452 g/mol. The minimum absolute atomic E-state index is 0.0870. The molecule has 1 amide bonds. The predicted octanol–water partition coefficient (Wildman–Crippen LogP) is 3.91. The van der Waals surface area contributed by atoms with E-state index >= 15 is 0 Å². The van der Waals surface area contributed by atoms with E-state index in [9.17, 15) is 24.5 Å². The van der Waals surface area contributed by atoms with Gasteiger partial charge < -0.3 is 9.47 Å². The largest absolute Gasteiger partial charge is 0.465 e. The quantitative estimate of drug-likeness (QED) is 0.255. The van der Waals surface area contributed by atoms with E-state index in [2.05, 4.69) is 0 Å². The van der Waals surface area contributed by atoms with Crippen molar-refractivity contribution in [2.24, 2.45) is 0 Å². The molecule has 0 aliphatic carbocycles. The van der Waals surface area contributed by atoms with Gasteiger partial charge in [-0.1, -0.05) is 60.7 Å². The lowest BCUT2D eigenvalue weighted by Gasteiger charge is -2.41. The van der Waals surface area contributed by atoms with Gasteiger partial charge in [-0.05, 0) is 31.9 Å². The average molecular weight is 481 g/mol. The lowest BCUT2D eigenvalue weighted by atomic mass is 9.71. The number of ketones is 1. The molecular formula is C26H28N2O7.